The Bertz CT molecular complexity index is 587. The van der Waals surface area contributed by atoms with E-state index in [0.29, 0.717) is 17.4 Å². The summed E-state index contributed by atoms with van der Waals surface area (Å²) in [7, 11) is 0. The van der Waals surface area contributed by atoms with E-state index in [1.165, 1.54) is 12.3 Å². The van der Waals surface area contributed by atoms with Crippen molar-refractivity contribution in [3.63, 3.8) is 0 Å². The minimum absolute atomic E-state index is 0.0814. The normalized spacial score (nSPS) is 10.2. The molecule has 0 aliphatic rings. The molecule has 0 aliphatic carbocycles. The van der Waals surface area contributed by atoms with Crippen molar-refractivity contribution in [1.29, 1.82) is 0 Å². The molecule has 0 saturated heterocycles. The zero-order valence-electron chi connectivity index (χ0n) is 10.4. The Morgan fingerprint density at radius 2 is 2.05 bits per heavy atom. The van der Waals surface area contributed by atoms with Crippen LogP contribution in [-0.2, 0) is 0 Å². The minimum atomic E-state index is -1.04. The van der Waals surface area contributed by atoms with Crippen LogP contribution in [0.4, 0.5) is 11.5 Å². The van der Waals surface area contributed by atoms with Crippen molar-refractivity contribution < 1.29 is 9.90 Å². The summed E-state index contributed by atoms with van der Waals surface area (Å²) in [6, 6.07) is 11.1. The molecule has 0 bridgehead atoms. The maximum atomic E-state index is 10.9. The number of aromatic nitrogens is 1. The molecule has 98 valence electrons. The molecule has 1 aromatic heterocycles. The number of benzene rings is 1. The molecule has 4 nitrogen and oxygen atoms in total. The summed E-state index contributed by atoms with van der Waals surface area (Å²) in [6.45, 7) is 2.67. The predicted octanol–water partition coefficient (Wildman–Crippen LogP) is 3.59. The molecule has 5 heteroatoms. The molecule has 0 saturated carbocycles. The summed E-state index contributed by atoms with van der Waals surface area (Å²) >= 11 is 6.13. The van der Waals surface area contributed by atoms with Gasteiger partial charge in [0.05, 0.1) is 10.6 Å². The molecule has 1 heterocycles. The van der Waals surface area contributed by atoms with Crippen molar-refractivity contribution in [2.24, 2.45) is 0 Å². The Labute approximate surface area is 116 Å². The summed E-state index contributed by atoms with van der Waals surface area (Å²) in [5.74, 6) is -0.482. The number of carboxylic acids is 1. The zero-order chi connectivity index (χ0) is 13.8. The minimum Gasteiger partial charge on any atom is -0.478 e. The summed E-state index contributed by atoms with van der Waals surface area (Å²) in [4.78, 5) is 16.9. The lowest BCUT2D eigenvalue weighted by molar-refractivity contribution is 0.0696. The van der Waals surface area contributed by atoms with Crippen molar-refractivity contribution in [2.75, 3.05) is 11.4 Å². The van der Waals surface area contributed by atoms with E-state index in [-0.39, 0.29) is 5.56 Å². The van der Waals surface area contributed by atoms with Gasteiger partial charge in [0.15, 0.2) is 5.82 Å². The third-order valence-electron chi connectivity index (χ3n) is 2.71. The standard InChI is InChI=1S/C14H13ClN2O2/c1-2-17(11-6-4-3-5-7-11)13-12(15)8-10(9-16-13)14(18)19/h3-9H,2H2,1H3,(H,18,19). The number of nitrogens with zero attached hydrogens (tertiary/aromatic N) is 2. The molecule has 0 amide bonds. The van der Waals surface area contributed by atoms with Gasteiger partial charge in [-0.2, -0.15) is 0 Å². The van der Waals surface area contributed by atoms with Crippen LogP contribution in [0.25, 0.3) is 0 Å². The second-order valence-corrected chi connectivity index (χ2v) is 4.32. The van der Waals surface area contributed by atoms with Crippen LogP contribution in [0.5, 0.6) is 0 Å². The van der Waals surface area contributed by atoms with E-state index in [1.807, 2.05) is 42.2 Å². The van der Waals surface area contributed by atoms with Gasteiger partial charge in [0.2, 0.25) is 0 Å². The number of pyridine rings is 1. The third kappa shape index (κ3) is 2.85. The summed E-state index contributed by atoms with van der Waals surface area (Å²) < 4.78 is 0. The second kappa shape index (κ2) is 5.71. The molecule has 0 radical (unpaired) electrons. The van der Waals surface area contributed by atoms with E-state index in [1.54, 1.807) is 0 Å². The van der Waals surface area contributed by atoms with Gasteiger partial charge in [0.25, 0.3) is 0 Å². The summed E-state index contributed by atoms with van der Waals surface area (Å²) in [5, 5.41) is 9.23. The molecule has 1 aromatic carbocycles. The van der Waals surface area contributed by atoms with Crippen LogP contribution in [0.2, 0.25) is 5.02 Å². The molecular weight excluding hydrogens is 264 g/mol. The summed E-state index contributed by atoms with van der Waals surface area (Å²) in [6.07, 6.45) is 1.31. The van der Waals surface area contributed by atoms with Gasteiger partial charge in [0, 0.05) is 18.4 Å². The number of hydrogen-bond donors (Lipinski definition) is 1. The molecule has 0 fully saturated rings. The topological polar surface area (TPSA) is 53.4 Å². The molecule has 0 aliphatic heterocycles. The smallest absolute Gasteiger partial charge is 0.337 e. The van der Waals surface area contributed by atoms with Gasteiger partial charge in [0.1, 0.15) is 0 Å². The fourth-order valence-electron chi connectivity index (χ4n) is 1.81. The molecule has 1 N–H and O–H groups in total. The van der Waals surface area contributed by atoms with Crippen LogP contribution in [-0.4, -0.2) is 22.6 Å². The van der Waals surface area contributed by atoms with E-state index < -0.39 is 5.97 Å². The van der Waals surface area contributed by atoms with E-state index in [2.05, 4.69) is 4.98 Å². The monoisotopic (exact) mass is 276 g/mol. The molecule has 19 heavy (non-hydrogen) atoms. The largest absolute Gasteiger partial charge is 0.478 e. The molecule has 2 rings (SSSR count). The van der Waals surface area contributed by atoms with Crippen molar-refractivity contribution in [3.05, 3.63) is 53.2 Å². The predicted molar refractivity (Wildman–Crippen MR) is 75.3 cm³/mol. The van der Waals surface area contributed by atoms with Gasteiger partial charge < -0.3 is 10.0 Å². The number of aromatic carboxylic acids is 1. The SMILES string of the molecule is CCN(c1ccccc1)c1ncc(C(=O)O)cc1Cl. The summed E-state index contributed by atoms with van der Waals surface area (Å²) in [5.41, 5.74) is 1.04. The maximum absolute atomic E-state index is 10.9. The van der Waals surface area contributed by atoms with Crippen molar-refractivity contribution >= 4 is 29.1 Å². The lowest BCUT2D eigenvalue weighted by Gasteiger charge is -2.23. The lowest BCUT2D eigenvalue weighted by Crippen LogP contribution is -2.18. The van der Waals surface area contributed by atoms with Gasteiger partial charge in [-0.05, 0) is 25.1 Å². The quantitative estimate of drug-likeness (QED) is 0.927. The number of para-hydroxylation sites is 1. The molecule has 0 unspecified atom stereocenters. The fourth-order valence-corrected chi connectivity index (χ4v) is 2.08. The number of rotatable bonds is 4. The number of anilines is 2. The lowest BCUT2D eigenvalue weighted by atomic mass is 10.2. The van der Waals surface area contributed by atoms with E-state index in [0.717, 1.165) is 5.69 Å². The maximum Gasteiger partial charge on any atom is 0.337 e. The van der Waals surface area contributed by atoms with Crippen molar-refractivity contribution in [2.45, 2.75) is 6.92 Å². The Balaban J connectivity index is 2.42. The van der Waals surface area contributed by atoms with Crippen molar-refractivity contribution in [1.82, 2.24) is 4.98 Å². The Kier molecular flexibility index (Phi) is 4.02. The number of halogens is 1. The first-order chi connectivity index (χ1) is 9.13. The average Bonchev–Trinajstić information content (AvgIpc) is 2.42. The highest BCUT2D eigenvalue weighted by Crippen LogP contribution is 2.29. The van der Waals surface area contributed by atoms with Crippen LogP contribution in [0.15, 0.2) is 42.6 Å². The van der Waals surface area contributed by atoms with Gasteiger partial charge in [-0.3, -0.25) is 0 Å². The van der Waals surface area contributed by atoms with Crippen LogP contribution in [0.1, 0.15) is 17.3 Å². The fraction of sp³-hybridized carbons (Fsp3) is 0.143. The van der Waals surface area contributed by atoms with Crippen LogP contribution >= 0.6 is 11.6 Å². The van der Waals surface area contributed by atoms with Crippen LogP contribution < -0.4 is 4.90 Å². The first-order valence-electron chi connectivity index (χ1n) is 5.85. The molecular formula is C14H13ClN2O2. The van der Waals surface area contributed by atoms with Gasteiger partial charge in [-0.25, -0.2) is 9.78 Å². The van der Waals surface area contributed by atoms with E-state index in [9.17, 15) is 4.79 Å². The Morgan fingerprint density at radius 3 is 2.58 bits per heavy atom. The highest BCUT2D eigenvalue weighted by atomic mass is 35.5. The molecule has 2 aromatic rings. The van der Waals surface area contributed by atoms with E-state index in [4.69, 9.17) is 16.7 Å². The van der Waals surface area contributed by atoms with Crippen LogP contribution in [0, 0.1) is 0 Å². The van der Waals surface area contributed by atoms with E-state index >= 15 is 0 Å². The highest BCUT2D eigenvalue weighted by molar-refractivity contribution is 6.33. The van der Waals surface area contributed by atoms with Gasteiger partial charge >= 0.3 is 5.97 Å². The zero-order valence-corrected chi connectivity index (χ0v) is 11.1. The van der Waals surface area contributed by atoms with Crippen molar-refractivity contribution in [3.8, 4) is 0 Å². The Morgan fingerprint density at radius 1 is 1.37 bits per heavy atom. The van der Waals surface area contributed by atoms with Crippen LogP contribution in [0.3, 0.4) is 0 Å². The molecule has 0 atom stereocenters. The highest BCUT2D eigenvalue weighted by Gasteiger charge is 2.14. The Hall–Kier alpha value is -2.07. The number of hydrogen-bond acceptors (Lipinski definition) is 3. The van der Waals surface area contributed by atoms with Gasteiger partial charge in [-0.15, -0.1) is 0 Å². The first-order valence-corrected chi connectivity index (χ1v) is 6.22. The second-order valence-electron chi connectivity index (χ2n) is 3.91. The first kappa shape index (κ1) is 13.4. The molecule has 0 spiro atoms. The number of carboxylic acid groups (broad SMARTS) is 1. The number of carbonyl (C=O) groups is 1. The van der Waals surface area contributed by atoms with Gasteiger partial charge in [-0.1, -0.05) is 29.8 Å². The average molecular weight is 277 g/mol. The third-order valence-corrected chi connectivity index (χ3v) is 2.99.